The molecule has 134 valence electrons. The second-order valence-electron chi connectivity index (χ2n) is 4.88. The normalized spacial score (nSPS) is 9.87. The van der Waals surface area contributed by atoms with Gasteiger partial charge in [-0.1, -0.05) is 26.0 Å². The van der Waals surface area contributed by atoms with Gasteiger partial charge in [0.2, 0.25) is 0 Å². The Labute approximate surface area is 151 Å². The van der Waals surface area contributed by atoms with E-state index < -0.39 is 5.97 Å². The number of ether oxygens (including phenoxy) is 1. The lowest BCUT2D eigenvalue weighted by Gasteiger charge is -2.17. The van der Waals surface area contributed by atoms with Crippen molar-refractivity contribution >= 4 is 30.8 Å². The van der Waals surface area contributed by atoms with E-state index in [9.17, 15) is 4.79 Å². The molecule has 1 aromatic carbocycles. The molecule has 0 unspecified atom stereocenters. The molecule has 0 aliphatic carbocycles. The number of carbonyl (C=O) groups is 1. The summed E-state index contributed by atoms with van der Waals surface area (Å²) < 4.78 is 5.09. The van der Waals surface area contributed by atoms with Crippen LogP contribution in [0.3, 0.4) is 0 Å². The molecule has 0 spiro atoms. The van der Waals surface area contributed by atoms with Gasteiger partial charge in [0.25, 0.3) is 0 Å². The van der Waals surface area contributed by atoms with E-state index in [1.165, 1.54) is 5.56 Å². The fourth-order valence-corrected chi connectivity index (χ4v) is 2.05. The first-order valence-electron chi connectivity index (χ1n) is 7.52. The first-order chi connectivity index (χ1) is 10.2. The van der Waals surface area contributed by atoms with Crippen molar-refractivity contribution < 1.29 is 14.6 Å². The number of aliphatic carboxylic acids is 1. The molecular formula is C16H28Cl2N2O3. The topological polar surface area (TPSA) is 61.8 Å². The van der Waals surface area contributed by atoms with Gasteiger partial charge in [0, 0.05) is 6.54 Å². The molecule has 0 aromatic heterocycles. The van der Waals surface area contributed by atoms with Crippen molar-refractivity contribution in [3.05, 3.63) is 29.8 Å². The number of hydrogen-bond acceptors (Lipinski definition) is 4. The molecule has 0 fully saturated rings. The number of nitrogens with one attached hydrogen (secondary N) is 1. The van der Waals surface area contributed by atoms with Crippen LogP contribution in [0.4, 0.5) is 0 Å². The minimum Gasteiger partial charge on any atom is -0.482 e. The van der Waals surface area contributed by atoms with Gasteiger partial charge in [0.05, 0.1) is 0 Å². The molecule has 23 heavy (non-hydrogen) atoms. The zero-order valence-electron chi connectivity index (χ0n) is 13.8. The maximum atomic E-state index is 10.4. The number of hydrogen-bond donors (Lipinski definition) is 2. The Bertz CT molecular complexity index is 412. The second-order valence-corrected chi connectivity index (χ2v) is 4.88. The average Bonchev–Trinajstić information content (AvgIpc) is 2.50. The maximum absolute atomic E-state index is 10.4. The highest BCUT2D eigenvalue weighted by molar-refractivity contribution is 5.85. The standard InChI is InChI=1S/C16H26N2O3.2ClH/c1-3-18(4-2)11-5-10-17-12-14-6-8-15(9-7-14)21-13-16(19)20;;/h6-9,17H,3-5,10-13H2,1-2H3,(H,19,20);2*1H. The predicted octanol–water partition coefficient (Wildman–Crippen LogP) is 2.82. The molecule has 1 rings (SSSR count). The molecular weight excluding hydrogens is 339 g/mol. The molecule has 0 amide bonds. The Morgan fingerprint density at radius 2 is 1.78 bits per heavy atom. The lowest BCUT2D eigenvalue weighted by molar-refractivity contribution is -0.139. The zero-order chi connectivity index (χ0) is 15.5. The van der Waals surface area contributed by atoms with Crippen molar-refractivity contribution in [1.29, 1.82) is 0 Å². The van der Waals surface area contributed by atoms with E-state index in [2.05, 4.69) is 24.1 Å². The van der Waals surface area contributed by atoms with Crippen LogP contribution in [0.15, 0.2) is 24.3 Å². The monoisotopic (exact) mass is 366 g/mol. The highest BCUT2D eigenvalue weighted by Crippen LogP contribution is 2.11. The molecule has 0 aliphatic rings. The van der Waals surface area contributed by atoms with Crippen molar-refractivity contribution in [2.45, 2.75) is 26.8 Å². The zero-order valence-corrected chi connectivity index (χ0v) is 15.4. The highest BCUT2D eigenvalue weighted by Gasteiger charge is 2.00. The van der Waals surface area contributed by atoms with Gasteiger partial charge in [-0.05, 0) is 50.3 Å². The summed E-state index contributed by atoms with van der Waals surface area (Å²) in [6, 6.07) is 7.51. The van der Waals surface area contributed by atoms with Gasteiger partial charge in [-0.2, -0.15) is 0 Å². The highest BCUT2D eigenvalue weighted by atomic mass is 35.5. The van der Waals surface area contributed by atoms with Gasteiger partial charge in [0.15, 0.2) is 6.61 Å². The van der Waals surface area contributed by atoms with Crippen LogP contribution in [0.25, 0.3) is 0 Å². The molecule has 5 nitrogen and oxygen atoms in total. The third-order valence-corrected chi connectivity index (χ3v) is 3.34. The second kappa shape index (κ2) is 14.6. The maximum Gasteiger partial charge on any atom is 0.341 e. The quantitative estimate of drug-likeness (QED) is 0.589. The van der Waals surface area contributed by atoms with Gasteiger partial charge in [-0.15, -0.1) is 24.8 Å². The molecule has 0 radical (unpaired) electrons. The van der Waals surface area contributed by atoms with Crippen LogP contribution < -0.4 is 10.1 Å². The van der Waals surface area contributed by atoms with Crippen LogP contribution in [-0.4, -0.2) is 48.8 Å². The smallest absolute Gasteiger partial charge is 0.341 e. The number of carboxylic acids is 1. The lowest BCUT2D eigenvalue weighted by Crippen LogP contribution is -2.27. The fourth-order valence-electron chi connectivity index (χ4n) is 2.05. The van der Waals surface area contributed by atoms with Crippen molar-refractivity contribution in [2.24, 2.45) is 0 Å². The average molecular weight is 367 g/mol. The molecule has 0 aliphatic heterocycles. The minimum absolute atomic E-state index is 0. The largest absolute Gasteiger partial charge is 0.482 e. The molecule has 0 bridgehead atoms. The van der Waals surface area contributed by atoms with E-state index in [-0.39, 0.29) is 31.4 Å². The van der Waals surface area contributed by atoms with Gasteiger partial charge < -0.3 is 20.1 Å². The summed E-state index contributed by atoms with van der Waals surface area (Å²) >= 11 is 0. The van der Waals surface area contributed by atoms with Crippen LogP contribution in [0.1, 0.15) is 25.8 Å². The Balaban J connectivity index is 0. The van der Waals surface area contributed by atoms with E-state index in [1.54, 1.807) is 12.1 Å². The van der Waals surface area contributed by atoms with Crippen molar-refractivity contribution in [3.63, 3.8) is 0 Å². The van der Waals surface area contributed by atoms with Crippen molar-refractivity contribution in [3.8, 4) is 5.75 Å². The van der Waals surface area contributed by atoms with Crippen LogP contribution in [0.5, 0.6) is 5.75 Å². The number of benzene rings is 1. The summed E-state index contributed by atoms with van der Waals surface area (Å²) in [7, 11) is 0. The predicted molar refractivity (Wildman–Crippen MR) is 98.2 cm³/mol. The molecule has 2 N–H and O–H groups in total. The summed E-state index contributed by atoms with van der Waals surface area (Å²) in [5.74, 6) is -0.378. The van der Waals surface area contributed by atoms with E-state index in [4.69, 9.17) is 9.84 Å². The van der Waals surface area contributed by atoms with Gasteiger partial charge in [-0.25, -0.2) is 4.79 Å². The van der Waals surface area contributed by atoms with Crippen LogP contribution in [0, 0.1) is 0 Å². The van der Waals surface area contributed by atoms with E-state index in [0.717, 1.165) is 39.1 Å². The lowest BCUT2D eigenvalue weighted by atomic mass is 10.2. The van der Waals surface area contributed by atoms with Crippen molar-refractivity contribution in [2.75, 3.05) is 32.8 Å². The summed E-state index contributed by atoms with van der Waals surface area (Å²) in [4.78, 5) is 12.8. The van der Waals surface area contributed by atoms with Crippen molar-refractivity contribution in [1.82, 2.24) is 10.2 Å². The van der Waals surface area contributed by atoms with Crippen LogP contribution >= 0.6 is 24.8 Å². The molecule has 0 heterocycles. The summed E-state index contributed by atoms with van der Waals surface area (Å²) in [6.45, 7) is 9.22. The van der Waals surface area contributed by atoms with Crippen LogP contribution in [0.2, 0.25) is 0 Å². The van der Waals surface area contributed by atoms with Gasteiger partial charge in [0.1, 0.15) is 5.75 Å². The number of halogens is 2. The Kier molecular flexibility index (Phi) is 15.4. The van der Waals surface area contributed by atoms with Gasteiger partial charge in [-0.3, -0.25) is 0 Å². The van der Waals surface area contributed by atoms with E-state index >= 15 is 0 Å². The SMILES string of the molecule is CCN(CC)CCCNCc1ccc(OCC(=O)O)cc1.Cl.Cl. The minimum atomic E-state index is -0.964. The molecule has 1 aromatic rings. The third-order valence-electron chi connectivity index (χ3n) is 3.34. The molecule has 0 saturated carbocycles. The summed E-state index contributed by atoms with van der Waals surface area (Å²) in [5, 5.41) is 11.9. The summed E-state index contributed by atoms with van der Waals surface area (Å²) in [6.07, 6.45) is 1.14. The Hall–Kier alpha value is -1.01. The van der Waals surface area contributed by atoms with E-state index in [0.29, 0.717) is 5.75 Å². The number of carboxylic acid groups (broad SMARTS) is 1. The molecule has 0 atom stereocenters. The first-order valence-corrected chi connectivity index (χ1v) is 7.52. The fraction of sp³-hybridized carbons (Fsp3) is 0.562. The molecule has 0 saturated heterocycles. The number of rotatable bonds is 11. The van der Waals surface area contributed by atoms with Gasteiger partial charge >= 0.3 is 5.97 Å². The third kappa shape index (κ3) is 11.2. The Morgan fingerprint density at radius 1 is 1.17 bits per heavy atom. The first kappa shape index (κ1) is 24.2. The Morgan fingerprint density at radius 3 is 2.30 bits per heavy atom. The van der Waals surface area contributed by atoms with E-state index in [1.807, 2.05) is 12.1 Å². The van der Waals surface area contributed by atoms with Crippen LogP contribution in [-0.2, 0) is 11.3 Å². The molecule has 7 heteroatoms. The summed E-state index contributed by atoms with van der Waals surface area (Å²) in [5.41, 5.74) is 1.17. The number of nitrogens with zero attached hydrogens (tertiary/aromatic N) is 1.